The Morgan fingerprint density at radius 3 is 2.47 bits per heavy atom. The Morgan fingerprint density at radius 2 is 1.65 bits per heavy atom. The van der Waals surface area contributed by atoms with Crippen LogP contribution < -0.4 is 0 Å². The summed E-state index contributed by atoms with van der Waals surface area (Å²) >= 11 is 6.50. The van der Waals surface area contributed by atoms with E-state index in [1.165, 1.54) is 5.56 Å². The summed E-state index contributed by atoms with van der Waals surface area (Å²) in [5.74, 6) is 0.343. The van der Waals surface area contributed by atoms with Gasteiger partial charge >= 0.3 is 0 Å². The predicted octanol–water partition coefficient (Wildman–Crippen LogP) is 7.81. The molecule has 5 heteroatoms. The zero-order valence-corrected chi connectivity index (χ0v) is 20.4. The van der Waals surface area contributed by atoms with Crippen molar-refractivity contribution in [2.24, 2.45) is 4.99 Å². The largest absolute Gasteiger partial charge is 0.258 e. The lowest BCUT2D eigenvalue weighted by Gasteiger charge is -2.15. The quantitative estimate of drug-likeness (QED) is 0.189. The Balaban J connectivity index is 1.55. The fourth-order valence-corrected chi connectivity index (χ4v) is 4.54. The number of pyridine rings is 1. The van der Waals surface area contributed by atoms with E-state index in [4.69, 9.17) is 26.7 Å². The average molecular weight is 467 g/mol. The number of benzene rings is 3. The number of para-hydroxylation sites is 3. The molecule has 170 valence electrons. The SMILES string of the molecule is CC(C)c1cccc(C(C)Cl)c1/N=C/c1nn(Cc2ccc3ccccc3n2)c2ccccc12. The number of aliphatic imine (C=N–C) groups is 1. The predicted molar refractivity (Wildman–Crippen MR) is 143 cm³/mol. The lowest BCUT2D eigenvalue weighted by atomic mass is 9.97. The molecule has 4 nitrogen and oxygen atoms in total. The van der Waals surface area contributed by atoms with Gasteiger partial charge < -0.3 is 0 Å². The summed E-state index contributed by atoms with van der Waals surface area (Å²) in [6.07, 6.45) is 1.87. The number of halogens is 1. The smallest absolute Gasteiger partial charge is 0.111 e. The number of fused-ring (bicyclic) bond motifs is 2. The van der Waals surface area contributed by atoms with Gasteiger partial charge in [0.1, 0.15) is 5.69 Å². The first-order valence-corrected chi connectivity index (χ1v) is 12.1. The molecule has 0 amide bonds. The second-order valence-electron chi connectivity index (χ2n) is 8.87. The first-order chi connectivity index (χ1) is 16.5. The molecule has 0 N–H and O–H groups in total. The molecule has 5 rings (SSSR count). The summed E-state index contributed by atoms with van der Waals surface area (Å²) in [7, 11) is 0. The maximum absolute atomic E-state index is 6.50. The highest BCUT2D eigenvalue weighted by Gasteiger charge is 2.15. The normalized spacial score (nSPS) is 12.9. The molecule has 0 aliphatic carbocycles. The minimum absolute atomic E-state index is 0.126. The van der Waals surface area contributed by atoms with E-state index in [-0.39, 0.29) is 5.38 Å². The summed E-state index contributed by atoms with van der Waals surface area (Å²) in [6.45, 7) is 6.93. The van der Waals surface area contributed by atoms with Gasteiger partial charge in [-0.1, -0.05) is 74.5 Å². The molecule has 3 aromatic carbocycles. The van der Waals surface area contributed by atoms with Gasteiger partial charge in [-0.05, 0) is 42.2 Å². The molecule has 0 aliphatic heterocycles. The van der Waals surface area contributed by atoms with Gasteiger partial charge in [-0.2, -0.15) is 5.10 Å². The first-order valence-electron chi connectivity index (χ1n) is 11.6. The maximum atomic E-state index is 6.50. The molecule has 0 bridgehead atoms. The van der Waals surface area contributed by atoms with Gasteiger partial charge in [0.25, 0.3) is 0 Å². The van der Waals surface area contributed by atoms with Crippen LogP contribution in [0, 0.1) is 0 Å². The zero-order valence-electron chi connectivity index (χ0n) is 19.6. The van der Waals surface area contributed by atoms with Crippen molar-refractivity contribution in [1.29, 1.82) is 0 Å². The van der Waals surface area contributed by atoms with Crippen molar-refractivity contribution < 1.29 is 0 Å². The van der Waals surface area contributed by atoms with Crippen LogP contribution in [0.4, 0.5) is 5.69 Å². The van der Waals surface area contributed by atoms with Crippen LogP contribution in [0.15, 0.2) is 83.9 Å². The van der Waals surface area contributed by atoms with Gasteiger partial charge in [-0.3, -0.25) is 14.7 Å². The molecule has 1 atom stereocenters. The van der Waals surface area contributed by atoms with Crippen molar-refractivity contribution in [2.75, 3.05) is 0 Å². The average Bonchev–Trinajstić information content (AvgIpc) is 3.19. The van der Waals surface area contributed by atoms with E-state index in [1.807, 2.05) is 48.2 Å². The Kier molecular flexibility index (Phi) is 6.16. The lowest BCUT2D eigenvalue weighted by Crippen LogP contribution is -2.04. The van der Waals surface area contributed by atoms with Crippen molar-refractivity contribution >= 4 is 45.3 Å². The summed E-state index contributed by atoms with van der Waals surface area (Å²) < 4.78 is 2.01. The van der Waals surface area contributed by atoms with Gasteiger partial charge in [0.15, 0.2) is 0 Å². The molecule has 1 unspecified atom stereocenters. The highest BCUT2D eigenvalue weighted by atomic mass is 35.5. The van der Waals surface area contributed by atoms with Gasteiger partial charge in [0, 0.05) is 10.8 Å². The molecule has 0 saturated carbocycles. The summed E-state index contributed by atoms with van der Waals surface area (Å²) in [6, 6.07) is 26.8. The molecule has 34 heavy (non-hydrogen) atoms. The van der Waals surface area contributed by atoms with Crippen LogP contribution in [0.3, 0.4) is 0 Å². The summed E-state index contributed by atoms with van der Waals surface area (Å²) in [4.78, 5) is 9.76. The van der Waals surface area contributed by atoms with Gasteiger partial charge in [-0.15, -0.1) is 11.6 Å². The van der Waals surface area contributed by atoms with Gasteiger partial charge in [0.05, 0.1) is 40.6 Å². The van der Waals surface area contributed by atoms with Crippen molar-refractivity contribution in [1.82, 2.24) is 14.8 Å². The molecule has 0 aliphatic rings. The Hall–Kier alpha value is -3.50. The Bertz CT molecular complexity index is 1470. The van der Waals surface area contributed by atoms with E-state index >= 15 is 0 Å². The molecular formula is C29H27ClN4. The molecule has 0 spiro atoms. The Morgan fingerprint density at radius 1 is 0.882 bits per heavy atom. The third-order valence-corrected chi connectivity index (χ3v) is 6.35. The molecule has 2 aromatic heterocycles. The van der Waals surface area contributed by atoms with E-state index in [2.05, 4.69) is 62.4 Å². The van der Waals surface area contributed by atoms with Crippen molar-refractivity contribution in [3.63, 3.8) is 0 Å². The van der Waals surface area contributed by atoms with E-state index in [1.54, 1.807) is 0 Å². The van der Waals surface area contributed by atoms with Gasteiger partial charge in [-0.25, -0.2) is 0 Å². The van der Waals surface area contributed by atoms with Crippen molar-refractivity contribution in [2.45, 2.75) is 38.6 Å². The summed E-state index contributed by atoms with van der Waals surface area (Å²) in [5, 5.41) is 7.00. The van der Waals surface area contributed by atoms with Crippen LogP contribution >= 0.6 is 11.6 Å². The maximum Gasteiger partial charge on any atom is 0.111 e. The number of hydrogen-bond donors (Lipinski definition) is 0. The molecule has 0 saturated heterocycles. The molecule has 0 radical (unpaired) electrons. The lowest BCUT2D eigenvalue weighted by molar-refractivity contribution is 0.697. The van der Waals surface area contributed by atoms with E-state index in [9.17, 15) is 0 Å². The van der Waals surface area contributed by atoms with Crippen LogP contribution in [0.1, 0.15) is 54.6 Å². The van der Waals surface area contributed by atoms with Crippen LogP contribution in [-0.4, -0.2) is 21.0 Å². The standard InChI is InChI=1S/C29H27ClN4/c1-19(2)23-11-8-12-24(20(3)30)29(23)31-17-27-25-10-5-7-14-28(25)34(33-27)18-22-16-15-21-9-4-6-13-26(21)32-22/h4-17,19-20H,18H2,1-3H3/b31-17+. The highest BCUT2D eigenvalue weighted by Crippen LogP contribution is 2.36. The van der Waals surface area contributed by atoms with Crippen LogP contribution in [0.25, 0.3) is 21.8 Å². The molecular weight excluding hydrogens is 440 g/mol. The van der Waals surface area contributed by atoms with E-state index in [0.717, 1.165) is 44.4 Å². The van der Waals surface area contributed by atoms with E-state index in [0.29, 0.717) is 12.5 Å². The number of hydrogen-bond acceptors (Lipinski definition) is 3. The molecule has 0 fully saturated rings. The van der Waals surface area contributed by atoms with Crippen LogP contribution in [0.5, 0.6) is 0 Å². The fourth-order valence-electron chi connectivity index (χ4n) is 4.36. The topological polar surface area (TPSA) is 43.1 Å². The van der Waals surface area contributed by atoms with Gasteiger partial charge in [0.2, 0.25) is 0 Å². The number of rotatable bonds is 6. The number of nitrogens with zero attached hydrogens (tertiary/aromatic N) is 4. The number of alkyl halides is 1. The Labute approximate surface area is 204 Å². The minimum Gasteiger partial charge on any atom is -0.258 e. The van der Waals surface area contributed by atoms with Crippen molar-refractivity contribution in [3.05, 3.63) is 101 Å². The molecule has 2 heterocycles. The minimum atomic E-state index is -0.126. The van der Waals surface area contributed by atoms with Crippen molar-refractivity contribution in [3.8, 4) is 0 Å². The third kappa shape index (κ3) is 4.34. The fraction of sp³-hybridized carbons (Fsp3) is 0.207. The molecule has 5 aromatic rings. The highest BCUT2D eigenvalue weighted by molar-refractivity contribution is 6.21. The summed E-state index contributed by atoms with van der Waals surface area (Å²) in [5.41, 5.74) is 7.02. The van der Waals surface area contributed by atoms with E-state index < -0.39 is 0 Å². The zero-order chi connectivity index (χ0) is 23.7. The first kappa shape index (κ1) is 22.3. The monoisotopic (exact) mass is 466 g/mol. The van der Waals surface area contributed by atoms with Crippen LogP contribution in [0.2, 0.25) is 0 Å². The van der Waals surface area contributed by atoms with Crippen LogP contribution in [-0.2, 0) is 6.54 Å². The second kappa shape index (κ2) is 9.40. The number of aromatic nitrogens is 3. The third-order valence-electron chi connectivity index (χ3n) is 6.12. The second-order valence-corrected chi connectivity index (χ2v) is 9.52.